The van der Waals surface area contributed by atoms with Gasteiger partial charge in [0.25, 0.3) is 0 Å². The number of aryl methyl sites for hydroxylation is 2. The molecule has 1 atom stereocenters. The van der Waals surface area contributed by atoms with Crippen LogP contribution in [0.1, 0.15) is 55.7 Å². The summed E-state index contributed by atoms with van der Waals surface area (Å²) < 4.78 is 12.3. The predicted octanol–water partition coefficient (Wildman–Crippen LogP) is 2.57. The largest absolute Gasteiger partial charge is 0.461 e. The zero-order valence-electron chi connectivity index (χ0n) is 19.3. The third-order valence-electron chi connectivity index (χ3n) is 5.52. The summed E-state index contributed by atoms with van der Waals surface area (Å²) in [7, 11) is 1.81. The first-order valence-electron chi connectivity index (χ1n) is 11.0. The van der Waals surface area contributed by atoms with E-state index in [1.54, 1.807) is 16.5 Å². The quantitative estimate of drug-likeness (QED) is 0.719. The zero-order chi connectivity index (χ0) is 23.0. The highest BCUT2D eigenvalue weighted by molar-refractivity contribution is 5.91. The van der Waals surface area contributed by atoms with Crippen molar-refractivity contribution in [3.8, 4) is 11.4 Å². The maximum absolute atomic E-state index is 12.3. The highest BCUT2D eigenvalue weighted by Crippen LogP contribution is 2.34. The van der Waals surface area contributed by atoms with E-state index in [0.717, 1.165) is 35.4 Å². The maximum Gasteiger partial charge on any atom is 0.410 e. The van der Waals surface area contributed by atoms with Gasteiger partial charge in [-0.2, -0.15) is 5.10 Å². The van der Waals surface area contributed by atoms with Crippen molar-refractivity contribution in [1.82, 2.24) is 24.6 Å². The summed E-state index contributed by atoms with van der Waals surface area (Å²) in [6, 6.07) is 0.0326. The van der Waals surface area contributed by atoms with Gasteiger partial charge in [0.1, 0.15) is 5.60 Å². The molecule has 32 heavy (non-hydrogen) atoms. The SMILES string of the molecule is CCOC(=O)c1nn(C)c2c1CCc1cnc(NC3CCN(C(=O)OC(C)(C)C)C3)nc1-2. The lowest BCUT2D eigenvalue weighted by atomic mass is 9.93. The minimum Gasteiger partial charge on any atom is -0.461 e. The van der Waals surface area contributed by atoms with Crippen molar-refractivity contribution in [1.29, 1.82) is 0 Å². The predicted molar refractivity (Wildman–Crippen MR) is 117 cm³/mol. The number of carbonyl (C=O) groups is 2. The van der Waals surface area contributed by atoms with Crippen LogP contribution in [0.25, 0.3) is 11.4 Å². The Balaban J connectivity index is 1.52. The number of hydrogen-bond acceptors (Lipinski definition) is 8. The van der Waals surface area contributed by atoms with E-state index in [9.17, 15) is 9.59 Å². The number of esters is 1. The molecule has 1 fully saturated rings. The monoisotopic (exact) mass is 442 g/mol. The van der Waals surface area contributed by atoms with Crippen LogP contribution in [-0.4, -0.2) is 68.1 Å². The van der Waals surface area contributed by atoms with E-state index < -0.39 is 11.6 Å². The molecule has 0 radical (unpaired) electrons. The van der Waals surface area contributed by atoms with Crippen molar-refractivity contribution in [3.63, 3.8) is 0 Å². The van der Waals surface area contributed by atoms with Crippen LogP contribution in [0.2, 0.25) is 0 Å². The fraction of sp³-hybridized carbons (Fsp3) is 0.591. The van der Waals surface area contributed by atoms with Gasteiger partial charge in [0, 0.05) is 37.9 Å². The Morgan fingerprint density at radius 2 is 2.06 bits per heavy atom. The third kappa shape index (κ3) is 4.39. The molecule has 1 aliphatic heterocycles. The molecule has 172 valence electrons. The Morgan fingerprint density at radius 1 is 1.28 bits per heavy atom. The average Bonchev–Trinajstić information content (AvgIpc) is 3.32. The first-order valence-corrected chi connectivity index (χ1v) is 11.0. The lowest BCUT2D eigenvalue weighted by molar-refractivity contribution is 0.0293. The fourth-order valence-electron chi connectivity index (χ4n) is 4.14. The molecule has 1 aliphatic carbocycles. The Bertz CT molecular complexity index is 1040. The van der Waals surface area contributed by atoms with Crippen molar-refractivity contribution in [2.24, 2.45) is 7.05 Å². The molecule has 0 bridgehead atoms. The molecular formula is C22H30N6O4. The second kappa shape index (κ2) is 8.40. The lowest BCUT2D eigenvalue weighted by Gasteiger charge is -2.24. The number of ether oxygens (including phenoxy) is 2. The third-order valence-corrected chi connectivity index (χ3v) is 5.52. The number of anilines is 1. The maximum atomic E-state index is 12.3. The Labute approximate surface area is 187 Å². The van der Waals surface area contributed by atoms with E-state index in [4.69, 9.17) is 14.5 Å². The van der Waals surface area contributed by atoms with Crippen LogP contribution in [0.15, 0.2) is 6.20 Å². The molecule has 10 heteroatoms. The van der Waals surface area contributed by atoms with Crippen molar-refractivity contribution >= 4 is 18.0 Å². The van der Waals surface area contributed by atoms with E-state index in [2.05, 4.69) is 15.4 Å². The molecule has 2 aliphatic rings. The lowest BCUT2D eigenvalue weighted by Crippen LogP contribution is -2.36. The normalized spacial score (nSPS) is 17.5. The van der Waals surface area contributed by atoms with Crippen molar-refractivity contribution in [3.05, 3.63) is 23.0 Å². The zero-order valence-corrected chi connectivity index (χ0v) is 19.3. The van der Waals surface area contributed by atoms with Gasteiger partial charge in [0.2, 0.25) is 5.95 Å². The van der Waals surface area contributed by atoms with Crippen LogP contribution in [0.3, 0.4) is 0 Å². The van der Waals surface area contributed by atoms with Gasteiger partial charge in [-0.1, -0.05) is 0 Å². The number of aromatic nitrogens is 4. The van der Waals surface area contributed by atoms with Crippen LogP contribution in [0, 0.1) is 0 Å². The van der Waals surface area contributed by atoms with Crippen LogP contribution in [0.4, 0.5) is 10.7 Å². The number of amides is 1. The number of likely N-dealkylation sites (tertiary alicyclic amines) is 1. The van der Waals surface area contributed by atoms with Crippen molar-refractivity contribution in [2.45, 2.75) is 58.6 Å². The number of hydrogen-bond donors (Lipinski definition) is 1. The summed E-state index contributed by atoms with van der Waals surface area (Å²) in [6.45, 7) is 8.80. The summed E-state index contributed by atoms with van der Waals surface area (Å²) >= 11 is 0. The standard InChI is InChI=1S/C22H30N6O4/c1-6-31-19(29)17-15-8-7-13-11-23-20(25-16(13)18(15)27(5)26-17)24-14-9-10-28(12-14)21(30)32-22(2,3)4/h11,14H,6-10,12H2,1-5H3,(H,23,24,25). The molecule has 0 aromatic carbocycles. The van der Waals surface area contributed by atoms with E-state index in [1.807, 2.05) is 34.0 Å². The van der Waals surface area contributed by atoms with Gasteiger partial charge < -0.3 is 19.7 Å². The number of fused-ring (bicyclic) bond motifs is 3. The molecule has 0 spiro atoms. The molecular weight excluding hydrogens is 412 g/mol. The van der Waals surface area contributed by atoms with E-state index in [-0.39, 0.29) is 12.1 Å². The first kappa shape index (κ1) is 22.0. The Kier molecular flexibility index (Phi) is 5.79. The molecule has 2 aromatic heterocycles. The summed E-state index contributed by atoms with van der Waals surface area (Å²) in [5.74, 6) is 0.0833. The minimum absolute atomic E-state index is 0.0326. The average molecular weight is 443 g/mol. The molecule has 1 N–H and O–H groups in total. The number of nitrogens with one attached hydrogen (secondary N) is 1. The summed E-state index contributed by atoms with van der Waals surface area (Å²) in [4.78, 5) is 35.6. The number of nitrogens with zero attached hydrogens (tertiary/aromatic N) is 5. The fourth-order valence-corrected chi connectivity index (χ4v) is 4.14. The smallest absolute Gasteiger partial charge is 0.410 e. The molecule has 10 nitrogen and oxygen atoms in total. The van der Waals surface area contributed by atoms with Gasteiger partial charge in [-0.3, -0.25) is 4.68 Å². The van der Waals surface area contributed by atoms with E-state index in [0.29, 0.717) is 37.8 Å². The van der Waals surface area contributed by atoms with Gasteiger partial charge in [-0.05, 0) is 52.5 Å². The topological polar surface area (TPSA) is 111 Å². The van der Waals surface area contributed by atoms with Gasteiger partial charge >= 0.3 is 12.1 Å². The van der Waals surface area contributed by atoms with Crippen LogP contribution >= 0.6 is 0 Å². The Hall–Kier alpha value is -3.17. The summed E-state index contributed by atoms with van der Waals surface area (Å²) in [5, 5.41) is 7.75. The van der Waals surface area contributed by atoms with E-state index in [1.165, 1.54) is 0 Å². The Morgan fingerprint density at radius 3 is 2.78 bits per heavy atom. The second-order valence-electron chi connectivity index (χ2n) is 9.14. The molecule has 4 rings (SSSR count). The molecule has 1 amide bonds. The van der Waals surface area contributed by atoms with Gasteiger partial charge in [-0.25, -0.2) is 19.6 Å². The molecule has 2 aromatic rings. The second-order valence-corrected chi connectivity index (χ2v) is 9.14. The van der Waals surface area contributed by atoms with E-state index >= 15 is 0 Å². The van der Waals surface area contributed by atoms with Crippen LogP contribution in [-0.2, 0) is 29.4 Å². The first-order chi connectivity index (χ1) is 15.2. The molecule has 1 unspecified atom stereocenters. The van der Waals surface area contributed by atoms with Gasteiger partial charge in [0.15, 0.2) is 5.69 Å². The van der Waals surface area contributed by atoms with Crippen molar-refractivity contribution in [2.75, 3.05) is 25.0 Å². The van der Waals surface area contributed by atoms with Gasteiger partial charge in [-0.15, -0.1) is 0 Å². The molecule has 3 heterocycles. The highest BCUT2D eigenvalue weighted by Gasteiger charge is 2.32. The highest BCUT2D eigenvalue weighted by atomic mass is 16.6. The number of rotatable bonds is 4. The minimum atomic E-state index is -0.520. The van der Waals surface area contributed by atoms with Crippen molar-refractivity contribution < 1.29 is 19.1 Å². The van der Waals surface area contributed by atoms with Gasteiger partial charge in [0.05, 0.1) is 18.0 Å². The summed E-state index contributed by atoms with van der Waals surface area (Å²) in [5.41, 5.74) is 3.31. The van der Waals surface area contributed by atoms with Crippen LogP contribution < -0.4 is 5.32 Å². The molecule has 0 saturated carbocycles. The molecule has 1 saturated heterocycles. The number of carbonyl (C=O) groups excluding carboxylic acids is 2. The summed E-state index contributed by atoms with van der Waals surface area (Å²) in [6.07, 6.45) is 3.72. The van der Waals surface area contributed by atoms with Crippen LogP contribution in [0.5, 0.6) is 0 Å².